The van der Waals surface area contributed by atoms with Gasteiger partial charge in [-0.1, -0.05) is 18.5 Å². The minimum Gasteiger partial charge on any atom is -0.462 e. The van der Waals surface area contributed by atoms with E-state index in [9.17, 15) is 4.79 Å². The van der Waals surface area contributed by atoms with E-state index in [1.165, 1.54) is 0 Å². The number of carbonyl (C=O) groups is 1. The first kappa shape index (κ1) is 13.7. The van der Waals surface area contributed by atoms with Crippen LogP contribution in [0.4, 0.5) is 5.82 Å². The molecule has 3 rings (SSSR count). The summed E-state index contributed by atoms with van der Waals surface area (Å²) >= 11 is 5.84. The number of piperidine rings is 1. The van der Waals surface area contributed by atoms with E-state index >= 15 is 0 Å². The summed E-state index contributed by atoms with van der Waals surface area (Å²) in [5.74, 6) is 1.61. The zero-order chi connectivity index (χ0) is 14.1. The van der Waals surface area contributed by atoms with Crippen molar-refractivity contribution in [1.29, 1.82) is 0 Å². The second-order valence-electron chi connectivity index (χ2n) is 5.78. The second kappa shape index (κ2) is 5.60. The molecular weight excluding hydrogens is 276 g/mol. The van der Waals surface area contributed by atoms with Crippen LogP contribution in [0.1, 0.15) is 26.2 Å². The Morgan fingerprint density at radius 1 is 1.40 bits per heavy atom. The highest BCUT2D eigenvalue weighted by Gasteiger charge is 2.41. The van der Waals surface area contributed by atoms with Crippen LogP contribution in [0, 0.1) is 11.8 Å². The van der Waals surface area contributed by atoms with E-state index in [1.807, 2.05) is 12.1 Å². The van der Waals surface area contributed by atoms with Crippen LogP contribution in [0.3, 0.4) is 0 Å². The fourth-order valence-electron chi connectivity index (χ4n) is 2.66. The maximum absolute atomic E-state index is 11.8. The molecule has 0 N–H and O–H groups in total. The highest BCUT2D eigenvalue weighted by molar-refractivity contribution is 6.30. The number of nitrogens with zero attached hydrogens (tertiary/aromatic N) is 2. The predicted molar refractivity (Wildman–Crippen MR) is 77.8 cm³/mol. The van der Waals surface area contributed by atoms with Gasteiger partial charge in [-0.2, -0.15) is 0 Å². The molecule has 1 saturated carbocycles. The molecule has 108 valence electrons. The molecule has 0 bridgehead atoms. The second-order valence-corrected chi connectivity index (χ2v) is 6.21. The predicted octanol–water partition coefficient (Wildman–Crippen LogP) is 2.90. The number of esters is 1. The Kier molecular flexibility index (Phi) is 3.83. The Balaban J connectivity index is 1.49. The van der Waals surface area contributed by atoms with Gasteiger partial charge in [0.1, 0.15) is 11.9 Å². The average Bonchev–Trinajstić information content (AvgIpc) is 3.18. The van der Waals surface area contributed by atoms with Crippen molar-refractivity contribution in [1.82, 2.24) is 4.98 Å². The molecular formula is C15H19ClN2O2. The van der Waals surface area contributed by atoms with Crippen LogP contribution < -0.4 is 4.90 Å². The number of halogens is 1. The third kappa shape index (κ3) is 3.06. The molecule has 0 spiro atoms. The van der Waals surface area contributed by atoms with Gasteiger partial charge in [0.15, 0.2) is 0 Å². The smallest absolute Gasteiger partial charge is 0.309 e. The summed E-state index contributed by atoms with van der Waals surface area (Å²) < 4.78 is 5.58. The maximum Gasteiger partial charge on any atom is 0.309 e. The van der Waals surface area contributed by atoms with Gasteiger partial charge in [0, 0.05) is 32.1 Å². The topological polar surface area (TPSA) is 42.4 Å². The van der Waals surface area contributed by atoms with E-state index < -0.39 is 0 Å². The summed E-state index contributed by atoms with van der Waals surface area (Å²) in [7, 11) is 0. The zero-order valence-corrected chi connectivity index (χ0v) is 12.3. The number of hydrogen-bond donors (Lipinski definition) is 0. The first-order valence-corrected chi connectivity index (χ1v) is 7.58. The third-order valence-corrected chi connectivity index (χ3v) is 4.40. The van der Waals surface area contributed by atoms with Gasteiger partial charge in [-0.25, -0.2) is 4.98 Å². The van der Waals surface area contributed by atoms with Crippen molar-refractivity contribution in [3.05, 3.63) is 23.4 Å². The van der Waals surface area contributed by atoms with E-state index in [4.69, 9.17) is 16.3 Å². The molecule has 0 unspecified atom stereocenters. The van der Waals surface area contributed by atoms with Crippen LogP contribution >= 0.6 is 11.6 Å². The van der Waals surface area contributed by atoms with Crippen molar-refractivity contribution >= 4 is 23.4 Å². The number of aromatic nitrogens is 1. The molecule has 20 heavy (non-hydrogen) atoms. The molecule has 1 aliphatic heterocycles. The molecule has 2 heterocycles. The summed E-state index contributed by atoms with van der Waals surface area (Å²) in [5.41, 5.74) is 0. The molecule has 2 aliphatic rings. The monoisotopic (exact) mass is 294 g/mol. The summed E-state index contributed by atoms with van der Waals surface area (Å²) in [6.07, 6.45) is 4.47. The zero-order valence-electron chi connectivity index (χ0n) is 11.6. The van der Waals surface area contributed by atoms with Crippen LogP contribution in [0.15, 0.2) is 18.3 Å². The number of carbonyl (C=O) groups excluding carboxylic acids is 1. The third-order valence-electron chi connectivity index (χ3n) is 4.17. The quantitative estimate of drug-likeness (QED) is 0.804. The lowest BCUT2D eigenvalue weighted by Crippen LogP contribution is -2.38. The van der Waals surface area contributed by atoms with E-state index in [2.05, 4.69) is 16.8 Å². The first-order valence-electron chi connectivity index (χ1n) is 7.20. The fourth-order valence-corrected chi connectivity index (χ4v) is 2.77. The molecule has 2 atom stereocenters. The van der Waals surface area contributed by atoms with Gasteiger partial charge in [-0.15, -0.1) is 0 Å². The van der Waals surface area contributed by atoms with Crippen LogP contribution in [-0.4, -0.2) is 30.1 Å². The van der Waals surface area contributed by atoms with Crippen molar-refractivity contribution in [2.24, 2.45) is 11.8 Å². The highest BCUT2D eigenvalue weighted by atomic mass is 35.5. The minimum atomic E-state index is 0.000526. The lowest BCUT2D eigenvalue weighted by atomic mass is 10.1. The van der Waals surface area contributed by atoms with Crippen molar-refractivity contribution in [2.75, 3.05) is 18.0 Å². The van der Waals surface area contributed by atoms with E-state index in [0.29, 0.717) is 10.9 Å². The standard InChI is InChI=1S/C15H19ClN2O2/c1-10-8-13(10)15(19)20-12-4-6-18(7-5-12)14-3-2-11(16)9-17-14/h2-3,9-10,12-13H,4-8H2,1H3/t10-,13-/m1/s1. The van der Waals surface area contributed by atoms with Gasteiger partial charge in [0.05, 0.1) is 10.9 Å². The Labute approximate surface area is 124 Å². The van der Waals surface area contributed by atoms with Gasteiger partial charge in [0.2, 0.25) is 0 Å². The molecule has 1 aromatic heterocycles. The lowest BCUT2D eigenvalue weighted by Gasteiger charge is -2.32. The molecule has 0 radical (unpaired) electrons. The number of anilines is 1. The van der Waals surface area contributed by atoms with Crippen molar-refractivity contribution < 1.29 is 9.53 Å². The molecule has 0 aromatic carbocycles. The van der Waals surface area contributed by atoms with Crippen molar-refractivity contribution in [2.45, 2.75) is 32.3 Å². The molecule has 0 amide bonds. The van der Waals surface area contributed by atoms with Crippen LogP contribution in [0.25, 0.3) is 0 Å². The van der Waals surface area contributed by atoms with Crippen LogP contribution in [0.5, 0.6) is 0 Å². The van der Waals surface area contributed by atoms with Gasteiger partial charge in [-0.3, -0.25) is 4.79 Å². The van der Waals surface area contributed by atoms with Gasteiger partial charge < -0.3 is 9.64 Å². The Morgan fingerprint density at radius 2 is 2.10 bits per heavy atom. The Morgan fingerprint density at radius 3 is 2.65 bits per heavy atom. The number of rotatable bonds is 3. The Bertz CT molecular complexity index is 483. The normalized spacial score (nSPS) is 26.4. The number of ether oxygens (including phenoxy) is 1. The molecule has 4 nitrogen and oxygen atoms in total. The van der Waals surface area contributed by atoms with E-state index in [0.717, 1.165) is 38.2 Å². The molecule has 1 aliphatic carbocycles. The Hall–Kier alpha value is -1.29. The lowest BCUT2D eigenvalue weighted by molar-refractivity contribution is -0.151. The summed E-state index contributed by atoms with van der Waals surface area (Å²) in [4.78, 5) is 18.3. The maximum atomic E-state index is 11.8. The van der Waals surface area contributed by atoms with Gasteiger partial charge >= 0.3 is 5.97 Å². The highest BCUT2D eigenvalue weighted by Crippen LogP contribution is 2.39. The summed E-state index contributed by atoms with van der Waals surface area (Å²) in [6, 6.07) is 3.78. The average molecular weight is 295 g/mol. The molecule has 5 heteroatoms. The van der Waals surface area contributed by atoms with Crippen molar-refractivity contribution in [3.8, 4) is 0 Å². The van der Waals surface area contributed by atoms with E-state index in [-0.39, 0.29) is 18.0 Å². The largest absolute Gasteiger partial charge is 0.462 e. The number of pyridine rings is 1. The van der Waals surface area contributed by atoms with E-state index in [1.54, 1.807) is 6.20 Å². The van der Waals surface area contributed by atoms with Crippen LogP contribution in [0.2, 0.25) is 5.02 Å². The van der Waals surface area contributed by atoms with Crippen LogP contribution in [-0.2, 0) is 9.53 Å². The summed E-state index contributed by atoms with van der Waals surface area (Å²) in [5, 5.41) is 0.649. The molecule has 1 saturated heterocycles. The number of hydrogen-bond acceptors (Lipinski definition) is 4. The molecule has 1 aromatic rings. The van der Waals surface area contributed by atoms with Crippen molar-refractivity contribution in [3.63, 3.8) is 0 Å². The van der Waals surface area contributed by atoms with Gasteiger partial charge in [-0.05, 0) is 24.5 Å². The fraction of sp³-hybridized carbons (Fsp3) is 0.600. The summed E-state index contributed by atoms with van der Waals surface area (Å²) in [6.45, 7) is 3.83. The SMILES string of the molecule is C[C@@H]1C[C@H]1C(=O)OC1CCN(c2ccc(Cl)cn2)CC1. The molecule has 2 fully saturated rings. The van der Waals surface area contributed by atoms with Gasteiger partial charge in [0.25, 0.3) is 0 Å². The first-order chi connectivity index (χ1) is 9.63. The minimum absolute atomic E-state index is 0.000526.